The van der Waals surface area contributed by atoms with Crippen LogP contribution in [0.1, 0.15) is 67.7 Å². The molecular weight excluding hydrogens is 280 g/mol. The van der Waals surface area contributed by atoms with Crippen LogP contribution in [0.5, 0.6) is 0 Å². The smallest absolute Gasteiger partial charge is 0.0617 e. The third kappa shape index (κ3) is 8.18. The predicted molar refractivity (Wildman–Crippen MR) is 105 cm³/mol. The monoisotopic (exact) mass is 316 g/mol. The maximum atomic E-state index is 8.81. The van der Waals surface area contributed by atoms with Crippen LogP contribution in [0.15, 0.2) is 58.7 Å². The highest BCUT2D eigenvalue weighted by molar-refractivity contribution is 5.37. The van der Waals surface area contributed by atoms with Crippen LogP contribution in [0.3, 0.4) is 0 Å². The lowest BCUT2D eigenvalue weighted by molar-refractivity contribution is 0.342. The number of aliphatic hydroxyl groups excluding tert-OH is 1. The maximum absolute atomic E-state index is 8.81. The minimum Gasteiger partial charge on any atom is -0.392 e. The molecule has 0 saturated carbocycles. The zero-order chi connectivity index (χ0) is 17.9. The molecule has 1 rings (SSSR count). The van der Waals surface area contributed by atoms with Crippen LogP contribution in [0, 0.1) is 5.41 Å². The summed E-state index contributed by atoms with van der Waals surface area (Å²) >= 11 is 0. The van der Waals surface area contributed by atoms with Gasteiger partial charge in [0.05, 0.1) is 6.61 Å². The van der Waals surface area contributed by atoms with Crippen molar-refractivity contribution >= 4 is 0 Å². The minimum absolute atomic E-state index is 0.0985. The summed E-state index contributed by atoms with van der Waals surface area (Å²) in [6, 6.07) is 0. The molecule has 1 nitrogen and oxygen atoms in total. The highest BCUT2D eigenvalue weighted by Crippen LogP contribution is 2.40. The van der Waals surface area contributed by atoms with Crippen molar-refractivity contribution in [2.45, 2.75) is 67.7 Å². The summed E-state index contributed by atoms with van der Waals surface area (Å²) in [4.78, 5) is 0. The lowest BCUT2D eigenvalue weighted by Crippen LogP contribution is -2.19. The van der Waals surface area contributed by atoms with Crippen LogP contribution in [0.25, 0.3) is 0 Å². The molecule has 0 unspecified atom stereocenters. The molecule has 130 valence electrons. The largest absolute Gasteiger partial charge is 0.392 e. The predicted octanol–water partition coefficient (Wildman–Crippen LogP) is 6.54. The second-order valence-corrected chi connectivity index (χ2v) is 6.67. The van der Waals surface area contributed by atoms with Gasteiger partial charge >= 0.3 is 0 Å². The van der Waals surface area contributed by atoms with E-state index in [-0.39, 0.29) is 6.61 Å². The molecular formula is C22H36O. The fraction of sp³-hybridized carbons (Fsp3) is 0.545. The molecule has 1 N–H and O–H groups in total. The molecule has 0 spiro atoms. The molecule has 0 aromatic heterocycles. The van der Waals surface area contributed by atoms with Gasteiger partial charge in [0.1, 0.15) is 0 Å². The Hall–Kier alpha value is -1.34. The van der Waals surface area contributed by atoms with Crippen molar-refractivity contribution in [2.24, 2.45) is 5.41 Å². The van der Waals surface area contributed by atoms with E-state index in [1.54, 1.807) is 6.08 Å². The van der Waals surface area contributed by atoms with Crippen molar-refractivity contribution in [3.05, 3.63) is 58.7 Å². The quantitative estimate of drug-likeness (QED) is 0.571. The molecule has 1 aliphatic carbocycles. The van der Waals surface area contributed by atoms with Gasteiger partial charge in [-0.25, -0.2) is 0 Å². The summed E-state index contributed by atoms with van der Waals surface area (Å²) in [6.07, 6.45) is 16.3. The summed E-state index contributed by atoms with van der Waals surface area (Å²) in [5, 5.41) is 8.81. The Kier molecular flexibility index (Phi) is 10.6. The van der Waals surface area contributed by atoms with Crippen molar-refractivity contribution in [2.75, 3.05) is 6.61 Å². The molecule has 0 saturated heterocycles. The summed E-state index contributed by atoms with van der Waals surface area (Å²) in [5.74, 6) is 0. The van der Waals surface area contributed by atoms with E-state index in [0.29, 0.717) is 5.41 Å². The lowest BCUT2D eigenvalue weighted by Gasteiger charge is -2.32. The van der Waals surface area contributed by atoms with E-state index in [4.69, 9.17) is 5.11 Å². The van der Waals surface area contributed by atoms with Gasteiger partial charge in [0, 0.05) is 0 Å². The van der Waals surface area contributed by atoms with Gasteiger partial charge < -0.3 is 5.11 Å². The summed E-state index contributed by atoms with van der Waals surface area (Å²) in [7, 11) is 0. The molecule has 0 aliphatic heterocycles. The Bertz CT molecular complexity index is 496. The fourth-order valence-corrected chi connectivity index (χ4v) is 2.84. The first-order chi connectivity index (χ1) is 10.9. The summed E-state index contributed by atoms with van der Waals surface area (Å²) < 4.78 is 0. The Morgan fingerprint density at radius 1 is 1.13 bits per heavy atom. The average Bonchev–Trinajstić information content (AvgIpc) is 2.48. The molecule has 0 aromatic rings. The zero-order valence-electron chi connectivity index (χ0n) is 16.2. The first kappa shape index (κ1) is 21.7. The number of hydrogen-bond donors (Lipinski definition) is 1. The standard InChI is InChI=1S/C20H30O.C2H6/c1-16(8-6-9-17(2)13-15-21)11-12-19-18(3)10-7-14-20(19,4)5;1-2/h6,8-9,11-13,21H,7,10,14-15H2,1-5H3;1-2H3/b9-6+,12-11+,16-8+,17-13+;. The molecule has 0 heterocycles. The Morgan fingerprint density at radius 2 is 1.78 bits per heavy atom. The van der Waals surface area contributed by atoms with E-state index in [0.717, 1.165) is 5.57 Å². The highest BCUT2D eigenvalue weighted by Gasteiger charge is 2.26. The first-order valence-corrected chi connectivity index (χ1v) is 8.87. The van der Waals surface area contributed by atoms with Gasteiger partial charge in [-0.3, -0.25) is 0 Å². The zero-order valence-corrected chi connectivity index (χ0v) is 16.2. The maximum Gasteiger partial charge on any atom is 0.0617 e. The van der Waals surface area contributed by atoms with Crippen LogP contribution >= 0.6 is 0 Å². The van der Waals surface area contributed by atoms with Gasteiger partial charge in [-0.05, 0) is 51.0 Å². The summed E-state index contributed by atoms with van der Waals surface area (Å²) in [5.41, 5.74) is 5.66. The van der Waals surface area contributed by atoms with Gasteiger partial charge in [0.25, 0.3) is 0 Å². The van der Waals surface area contributed by atoms with E-state index in [1.165, 1.54) is 36.0 Å². The molecule has 0 fully saturated rings. The molecule has 1 heteroatoms. The molecule has 0 bridgehead atoms. The van der Waals surface area contributed by atoms with Gasteiger partial charge in [-0.15, -0.1) is 0 Å². The van der Waals surface area contributed by atoms with Crippen LogP contribution < -0.4 is 0 Å². The minimum atomic E-state index is 0.0985. The van der Waals surface area contributed by atoms with Gasteiger partial charge in [-0.2, -0.15) is 0 Å². The SMILES string of the molecule is CC.CC1=C(/C=C/C(C)=C/C=C/C(C)=C/CO)C(C)(C)CCC1. The second-order valence-electron chi connectivity index (χ2n) is 6.67. The molecule has 0 amide bonds. The first-order valence-electron chi connectivity index (χ1n) is 8.87. The number of aliphatic hydroxyl groups is 1. The number of hydrogen-bond acceptors (Lipinski definition) is 1. The third-order valence-electron chi connectivity index (χ3n) is 4.19. The van der Waals surface area contributed by atoms with E-state index in [9.17, 15) is 0 Å². The van der Waals surface area contributed by atoms with Crippen molar-refractivity contribution in [3.63, 3.8) is 0 Å². The van der Waals surface area contributed by atoms with Crippen molar-refractivity contribution in [1.29, 1.82) is 0 Å². The van der Waals surface area contributed by atoms with Gasteiger partial charge in [0.2, 0.25) is 0 Å². The van der Waals surface area contributed by atoms with E-state index >= 15 is 0 Å². The molecule has 23 heavy (non-hydrogen) atoms. The fourth-order valence-electron chi connectivity index (χ4n) is 2.84. The second kappa shape index (κ2) is 11.2. The Balaban J connectivity index is 0.00000232. The lowest BCUT2D eigenvalue weighted by atomic mass is 9.72. The van der Waals surface area contributed by atoms with Crippen molar-refractivity contribution in [1.82, 2.24) is 0 Å². The van der Waals surface area contributed by atoms with Crippen LogP contribution in [-0.4, -0.2) is 11.7 Å². The Labute approximate surface area is 144 Å². The Morgan fingerprint density at radius 3 is 2.35 bits per heavy atom. The molecule has 0 atom stereocenters. The van der Waals surface area contributed by atoms with Gasteiger partial charge in [0.15, 0.2) is 0 Å². The van der Waals surface area contributed by atoms with Crippen molar-refractivity contribution in [3.8, 4) is 0 Å². The van der Waals surface area contributed by atoms with Crippen LogP contribution in [-0.2, 0) is 0 Å². The molecule has 0 radical (unpaired) electrons. The van der Waals surface area contributed by atoms with E-state index in [2.05, 4.69) is 45.9 Å². The number of rotatable bonds is 5. The van der Waals surface area contributed by atoms with Crippen molar-refractivity contribution < 1.29 is 5.11 Å². The normalized spacial score (nSPS) is 19.3. The average molecular weight is 317 g/mol. The molecule has 0 aromatic carbocycles. The topological polar surface area (TPSA) is 20.2 Å². The van der Waals surface area contributed by atoms with E-state index in [1.807, 2.05) is 32.9 Å². The van der Waals surface area contributed by atoms with E-state index < -0.39 is 0 Å². The molecule has 1 aliphatic rings. The van der Waals surface area contributed by atoms with Crippen LogP contribution in [0.2, 0.25) is 0 Å². The highest BCUT2D eigenvalue weighted by atomic mass is 16.2. The number of allylic oxidation sites excluding steroid dienone is 9. The van der Waals surface area contributed by atoms with Crippen LogP contribution in [0.4, 0.5) is 0 Å². The summed E-state index contributed by atoms with van der Waals surface area (Å²) in [6.45, 7) is 15.2. The van der Waals surface area contributed by atoms with Gasteiger partial charge in [-0.1, -0.05) is 80.9 Å². The third-order valence-corrected chi connectivity index (χ3v) is 4.19.